The van der Waals surface area contributed by atoms with E-state index in [0.717, 1.165) is 11.1 Å². The lowest BCUT2D eigenvalue weighted by molar-refractivity contribution is 0.441. The molecule has 1 aromatic heterocycles. The van der Waals surface area contributed by atoms with Crippen molar-refractivity contribution in [2.75, 3.05) is 6.54 Å². The smallest absolute Gasteiger partial charge is 0.312 e. The van der Waals surface area contributed by atoms with Gasteiger partial charge in [0.15, 0.2) is 0 Å². The van der Waals surface area contributed by atoms with E-state index in [-0.39, 0.29) is 11.2 Å². The fourth-order valence-corrected chi connectivity index (χ4v) is 2.30. The van der Waals surface area contributed by atoms with E-state index in [1.165, 1.54) is 30.9 Å². The van der Waals surface area contributed by atoms with E-state index in [9.17, 15) is 9.59 Å². The second-order valence-corrected chi connectivity index (χ2v) is 5.37. The zero-order chi connectivity index (χ0) is 13.3. The summed E-state index contributed by atoms with van der Waals surface area (Å²) in [7, 11) is 3.18. The molecule has 0 spiro atoms. The normalized spacial score (nSPS) is 16.8. The summed E-state index contributed by atoms with van der Waals surface area (Å²) in [5.41, 5.74) is 0.626. The maximum Gasteiger partial charge on any atom is 0.330 e. The van der Waals surface area contributed by atoms with Crippen molar-refractivity contribution >= 4 is 0 Å². The molecule has 1 aliphatic rings. The van der Waals surface area contributed by atoms with Crippen LogP contribution in [0.2, 0.25) is 0 Å². The van der Waals surface area contributed by atoms with Crippen LogP contribution in [0.5, 0.6) is 0 Å². The lowest BCUT2D eigenvalue weighted by atomic mass is 10.0. The first-order valence-corrected chi connectivity index (χ1v) is 6.45. The van der Waals surface area contributed by atoms with E-state index < -0.39 is 0 Å². The lowest BCUT2D eigenvalue weighted by Gasteiger charge is -2.13. The largest absolute Gasteiger partial charge is 0.330 e. The summed E-state index contributed by atoms with van der Waals surface area (Å²) in [5, 5.41) is 3.34. The number of hydrogen-bond donors (Lipinski definition) is 1. The Morgan fingerprint density at radius 1 is 1.33 bits per heavy atom. The molecule has 2 rings (SSSR count). The van der Waals surface area contributed by atoms with Gasteiger partial charge < -0.3 is 9.88 Å². The van der Waals surface area contributed by atoms with Gasteiger partial charge in [0.1, 0.15) is 0 Å². The number of nitrogens with one attached hydrogen (secondary N) is 1. The minimum atomic E-state index is -0.282. The van der Waals surface area contributed by atoms with Crippen LogP contribution >= 0.6 is 0 Å². The molecule has 5 heteroatoms. The van der Waals surface area contributed by atoms with Gasteiger partial charge in [-0.3, -0.25) is 9.36 Å². The van der Waals surface area contributed by atoms with E-state index in [2.05, 4.69) is 12.2 Å². The first-order valence-electron chi connectivity index (χ1n) is 6.45. The molecule has 0 aromatic carbocycles. The molecule has 1 heterocycles. The van der Waals surface area contributed by atoms with Gasteiger partial charge in [-0.05, 0) is 24.7 Å². The molecular weight excluding hydrogens is 230 g/mol. The van der Waals surface area contributed by atoms with Gasteiger partial charge in [0, 0.05) is 38.9 Å². The van der Waals surface area contributed by atoms with Gasteiger partial charge in [0.2, 0.25) is 0 Å². The minimum absolute atomic E-state index is 0.202. The van der Waals surface area contributed by atoms with E-state index >= 15 is 0 Å². The molecule has 0 aliphatic heterocycles. The summed E-state index contributed by atoms with van der Waals surface area (Å²) in [6, 6.07) is 0. The van der Waals surface area contributed by atoms with Crippen LogP contribution in [0, 0.1) is 5.41 Å². The molecule has 1 aliphatic carbocycles. The Bertz CT molecular complexity index is 552. The first kappa shape index (κ1) is 13.1. The van der Waals surface area contributed by atoms with Gasteiger partial charge in [0.05, 0.1) is 0 Å². The van der Waals surface area contributed by atoms with Crippen molar-refractivity contribution in [2.45, 2.75) is 32.7 Å². The molecule has 100 valence electrons. The summed E-state index contributed by atoms with van der Waals surface area (Å²) < 4.78 is 2.61. The van der Waals surface area contributed by atoms with Crippen LogP contribution < -0.4 is 16.6 Å². The standard InChI is InChI=1S/C13H21N3O2/c1-4-13(5-6-13)9-14-7-10-8-15(2)12(18)16(3)11(10)17/h8,14H,4-7,9H2,1-3H3. The fourth-order valence-electron chi connectivity index (χ4n) is 2.30. The molecule has 1 fully saturated rings. The number of hydrogen-bond acceptors (Lipinski definition) is 3. The van der Waals surface area contributed by atoms with Crippen molar-refractivity contribution in [1.29, 1.82) is 0 Å². The second-order valence-electron chi connectivity index (χ2n) is 5.37. The number of rotatable bonds is 5. The Kier molecular flexibility index (Phi) is 3.43. The van der Waals surface area contributed by atoms with E-state index in [4.69, 9.17) is 0 Å². The van der Waals surface area contributed by atoms with Crippen LogP contribution in [-0.2, 0) is 20.6 Å². The zero-order valence-electron chi connectivity index (χ0n) is 11.3. The van der Waals surface area contributed by atoms with E-state index in [1.54, 1.807) is 13.2 Å². The van der Waals surface area contributed by atoms with Crippen LogP contribution in [0.4, 0.5) is 0 Å². The van der Waals surface area contributed by atoms with Crippen LogP contribution in [-0.4, -0.2) is 15.7 Å². The van der Waals surface area contributed by atoms with Crippen molar-refractivity contribution in [3.63, 3.8) is 0 Å². The Morgan fingerprint density at radius 2 is 2.00 bits per heavy atom. The summed E-state index contributed by atoms with van der Waals surface area (Å²) in [6.45, 7) is 3.69. The predicted molar refractivity (Wildman–Crippen MR) is 70.6 cm³/mol. The molecule has 1 N–H and O–H groups in total. The summed E-state index contributed by atoms with van der Waals surface area (Å²) in [6.07, 6.45) is 5.37. The molecule has 18 heavy (non-hydrogen) atoms. The van der Waals surface area contributed by atoms with Crippen LogP contribution in [0.25, 0.3) is 0 Å². The monoisotopic (exact) mass is 251 g/mol. The quantitative estimate of drug-likeness (QED) is 0.822. The highest BCUT2D eigenvalue weighted by Gasteiger charge is 2.39. The Morgan fingerprint density at radius 3 is 2.56 bits per heavy atom. The maximum absolute atomic E-state index is 11.9. The van der Waals surface area contributed by atoms with E-state index in [0.29, 0.717) is 17.5 Å². The highest BCUT2D eigenvalue weighted by atomic mass is 16.2. The molecule has 0 saturated heterocycles. The molecule has 1 aromatic rings. The summed E-state index contributed by atoms with van der Waals surface area (Å²) >= 11 is 0. The number of aryl methyl sites for hydroxylation is 1. The van der Waals surface area contributed by atoms with Crippen molar-refractivity contribution in [1.82, 2.24) is 14.5 Å². The van der Waals surface area contributed by atoms with Crippen LogP contribution in [0.1, 0.15) is 31.7 Å². The molecule has 0 amide bonds. The van der Waals surface area contributed by atoms with Gasteiger partial charge in [-0.2, -0.15) is 0 Å². The third-order valence-electron chi connectivity index (χ3n) is 4.04. The van der Waals surface area contributed by atoms with Crippen molar-refractivity contribution in [3.05, 3.63) is 32.6 Å². The minimum Gasteiger partial charge on any atom is -0.312 e. The van der Waals surface area contributed by atoms with Crippen LogP contribution in [0.3, 0.4) is 0 Å². The molecule has 5 nitrogen and oxygen atoms in total. The molecule has 0 unspecified atom stereocenters. The average molecular weight is 251 g/mol. The summed E-state index contributed by atoms with van der Waals surface area (Å²) in [4.78, 5) is 23.4. The van der Waals surface area contributed by atoms with Gasteiger partial charge in [0.25, 0.3) is 5.56 Å². The predicted octanol–water partition coefficient (Wildman–Crippen LogP) is 0.364. The second kappa shape index (κ2) is 4.72. The highest BCUT2D eigenvalue weighted by molar-refractivity contribution is 5.05. The number of aromatic nitrogens is 2. The van der Waals surface area contributed by atoms with Gasteiger partial charge in [-0.1, -0.05) is 6.92 Å². The summed E-state index contributed by atoms with van der Waals surface area (Å²) in [5.74, 6) is 0. The van der Waals surface area contributed by atoms with Crippen molar-refractivity contribution < 1.29 is 0 Å². The van der Waals surface area contributed by atoms with Crippen molar-refractivity contribution in [3.8, 4) is 0 Å². The third-order valence-corrected chi connectivity index (χ3v) is 4.04. The van der Waals surface area contributed by atoms with E-state index in [1.807, 2.05) is 0 Å². The molecular formula is C13H21N3O2. The highest BCUT2D eigenvalue weighted by Crippen LogP contribution is 2.47. The zero-order valence-corrected chi connectivity index (χ0v) is 11.3. The maximum atomic E-state index is 11.9. The van der Waals surface area contributed by atoms with Crippen molar-refractivity contribution in [2.24, 2.45) is 19.5 Å². The van der Waals surface area contributed by atoms with Gasteiger partial charge in [-0.25, -0.2) is 4.79 Å². The molecule has 1 saturated carbocycles. The SMILES string of the molecule is CCC1(CNCc2cn(C)c(=O)n(C)c2=O)CC1. The Balaban J connectivity index is 2.06. The molecule has 0 bridgehead atoms. The Hall–Kier alpha value is -1.36. The lowest BCUT2D eigenvalue weighted by Crippen LogP contribution is -2.39. The molecule has 0 radical (unpaired) electrons. The topological polar surface area (TPSA) is 56.0 Å². The Labute approximate surface area is 106 Å². The van der Waals surface area contributed by atoms with Gasteiger partial charge in [-0.15, -0.1) is 0 Å². The first-order chi connectivity index (χ1) is 8.49. The molecule has 0 atom stereocenters. The van der Waals surface area contributed by atoms with Gasteiger partial charge >= 0.3 is 5.69 Å². The number of nitrogens with zero attached hydrogens (tertiary/aromatic N) is 2. The fraction of sp³-hybridized carbons (Fsp3) is 0.692. The van der Waals surface area contributed by atoms with Crippen LogP contribution in [0.15, 0.2) is 15.8 Å². The third kappa shape index (κ3) is 2.41. The average Bonchev–Trinajstić information content (AvgIpc) is 3.13.